The molecule has 0 spiro atoms. The highest BCUT2D eigenvalue weighted by molar-refractivity contribution is 7.25. The number of fused-ring (bicyclic) bond motifs is 7. The topological polar surface area (TPSA) is 16.4 Å². The van der Waals surface area contributed by atoms with E-state index in [1.165, 1.54) is 53.2 Å². The van der Waals surface area contributed by atoms with Crippen molar-refractivity contribution in [3.05, 3.63) is 224 Å². The number of anilines is 3. The summed E-state index contributed by atoms with van der Waals surface area (Å²) in [5.41, 5.74) is 14.3. The Balaban J connectivity index is 1.06. The SMILES string of the molecule is c1ccc(-c2cccc3ccccc23)c(-c2ccccc2N(c2ccc(-c3cccc4c3oc3ccccc34)cc2)c2ccccc2-c2ccc3c(c2)sc2ccccc23)c1. The van der Waals surface area contributed by atoms with Gasteiger partial charge in [0.1, 0.15) is 11.2 Å². The first-order valence-electron chi connectivity index (χ1n) is 20.7. The minimum atomic E-state index is 0.901. The summed E-state index contributed by atoms with van der Waals surface area (Å²) in [4.78, 5) is 2.45. The molecule has 0 N–H and O–H groups in total. The molecule has 0 atom stereocenters. The van der Waals surface area contributed by atoms with E-state index in [1.54, 1.807) is 0 Å². The monoisotopic (exact) mass is 795 g/mol. The van der Waals surface area contributed by atoms with Crippen molar-refractivity contribution >= 4 is 81.3 Å². The Morgan fingerprint density at radius 2 is 0.869 bits per heavy atom. The third kappa shape index (κ3) is 5.93. The number of hydrogen-bond donors (Lipinski definition) is 0. The van der Waals surface area contributed by atoms with Gasteiger partial charge < -0.3 is 9.32 Å². The summed E-state index contributed by atoms with van der Waals surface area (Å²) < 4.78 is 9.09. The average molecular weight is 796 g/mol. The van der Waals surface area contributed by atoms with E-state index in [2.05, 4.69) is 217 Å². The predicted octanol–water partition coefficient (Wildman–Crippen LogP) is 17.2. The number of furan rings is 1. The fraction of sp³-hybridized carbons (Fsp3) is 0. The molecule has 3 heteroatoms. The van der Waals surface area contributed by atoms with E-state index in [-0.39, 0.29) is 0 Å². The molecule has 10 aromatic carbocycles. The Labute approximate surface area is 357 Å². The number of rotatable bonds is 7. The molecule has 61 heavy (non-hydrogen) atoms. The number of para-hydroxylation sites is 4. The zero-order chi connectivity index (χ0) is 40.3. The average Bonchev–Trinajstić information content (AvgIpc) is 3.90. The van der Waals surface area contributed by atoms with E-state index in [1.807, 2.05) is 23.5 Å². The fourth-order valence-electron chi connectivity index (χ4n) is 9.29. The van der Waals surface area contributed by atoms with E-state index >= 15 is 0 Å². The summed E-state index contributed by atoms with van der Waals surface area (Å²) in [7, 11) is 0. The van der Waals surface area contributed by atoms with Crippen molar-refractivity contribution in [1.29, 1.82) is 0 Å². The van der Waals surface area contributed by atoms with Crippen molar-refractivity contribution in [2.75, 3.05) is 4.90 Å². The fourth-order valence-corrected chi connectivity index (χ4v) is 10.4. The molecule has 0 aliphatic carbocycles. The normalized spacial score (nSPS) is 11.6. The van der Waals surface area contributed by atoms with Gasteiger partial charge in [-0.3, -0.25) is 0 Å². The Morgan fingerprint density at radius 1 is 0.328 bits per heavy atom. The molecule has 12 aromatic rings. The van der Waals surface area contributed by atoms with E-state index in [0.29, 0.717) is 0 Å². The number of thiophene rings is 1. The lowest BCUT2D eigenvalue weighted by molar-refractivity contribution is 0.670. The van der Waals surface area contributed by atoms with Crippen LogP contribution in [-0.4, -0.2) is 0 Å². The molecule has 0 radical (unpaired) electrons. The van der Waals surface area contributed by atoms with Crippen molar-refractivity contribution in [1.82, 2.24) is 0 Å². The molecule has 286 valence electrons. The standard InChI is InChI=1S/C58H37NOS/c1-2-17-42-38(15-1)16-13-25-45(42)46-19-3-4-20-47(46)48-21-6-10-28-54(48)59(41-34-31-39(32-35-41)44-24-14-26-52-49-22-7-11-29-55(49)60-58(44)52)53-27-9-5-18-43(53)40-33-36-51-50-23-8-12-30-56(50)61-57(51)37-40/h1-37H. The second-order valence-electron chi connectivity index (χ2n) is 15.6. The van der Waals surface area contributed by atoms with Crippen molar-refractivity contribution in [3.63, 3.8) is 0 Å². The van der Waals surface area contributed by atoms with Crippen LogP contribution in [0, 0.1) is 0 Å². The van der Waals surface area contributed by atoms with Crippen molar-refractivity contribution in [2.24, 2.45) is 0 Å². The maximum absolute atomic E-state index is 6.50. The van der Waals surface area contributed by atoms with E-state index in [4.69, 9.17) is 4.42 Å². The molecule has 0 amide bonds. The van der Waals surface area contributed by atoms with Gasteiger partial charge in [-0.05, 0) is 81.1 Å². The van der Waals surface area contributed by atoms with Crippen LogP contribution in [-0.2, 0) is 0 Å². The summed E-state index contributed by atoms with van der Waals surface area (Å²) in [6.45, 7) is 0. The lowest BCUT2D eigenvalue weighted by atomic mass is 9.90. The smallest absolute Gasteiger partial charge is 0.143 e. The second-order valence-corrected chi connectivity index (χ2v) is 16.7. The summed E-state index contributed by atoms with van der Waals surface area (Å²) in [5, 5.41) is 7.33. The van der Waals surface area contributed by atoms with E-state index in [0.717, 1.165) is 61.3 Å². The molecule has 2 nitrogen and oxygen atoms in total. The van der Waals surface area contributed by atoms with Crippen molar-refractivity contribution in [2.45, 2.75) is 0 Å². The third-order valence-corrected chi connectivity index (χ3v) is 13.3. The molecule has 2 heterocycles. The molecule has 0 bridgehead atoms. The minimum absolute atomic E-state index is 0.901. The van der Waals surface area contributed by atoms with Crippen LogP contribution < -0.4 is 4.90 Å². The molecule has 2 aromatic heterocycles. The maximum Gasteiger partial charge on any atom is 0.143 e. The van der Waals surface area contributed by atoms with Gasteiger partial charge in [-0.1, -0.05) is 182 Å². The molecule has 12 rings (SSSR count). The van der Waals surface area contributed by atoms with Crippen LogP contribution in [0.3, 0.4) is 0 Å². The van der Waals surface area contributed by atoms with Crippen molar-refractivity contribution in [3.8, 4) is 44.5 Å². The van der Waals surface area contributed by atoms with Gasteiger partial charge in [0.2, 0.25) is 0 Å². The van der Waals surface area contributed by atoms with Crippen LogP contribution in [0.1, 0.15) is 0 Å². The van der Waals surface area contributed by atoms with Crippen molar-refractivity contribution < 1.29 is 4.42 Å². The Bertz CT molecular complexity index is 3610. The lowest BCUT2D eigenvalue weighted by Crippen LogP contribution is -2.12. The van der Waals surface area contributed by atoms with Crippen LogP contribution in [0.2, 0.25) is 0 Å². The first-order valence-corrected chi connectivity index (χ1v) is 21.6. The Hall–Kier alpha value is -7.72. The van der Waals surface area contributed by atoms with Crippen LogP contribution in [0.25, 0.3) is 97.4 Å². The van der Waals surface area contributed by atoms with Crippen LogP contribution in [0.5, 0.6) is 0 Å². The largest absolute Gasteiger partial charge is 0.455 e. The van der Waals surface area contributed by atoms with E-state index in [9.17, 15) is 0 Å². The molecule has 0 unspecified atom stereocenters. The first-order chi connectivity index (χ1) is 30.3. The minimum Gasteiger partial charge on any atom is -0.455 e. The quantitative estimate of drug-likeness (QED) is 0.160. The highest BCUT2D eigenvalue weighted by atomic mass is 32.1. The zero-order valence-corrected chi connectivity index (χ0v) is 33.9. The third-order valence-electron chi connectivity index (χ3n) is 12.1. The van der Waals surface area contributed by atoms with Crippen LogP contribution in [0.15, 0.2) is 229 Å². The molecule has 0 aliphatic rings. The Kier molecular flexibility index (Phi) is 8.39. The summed E-state index contributed by atoms with van der Waals surface area (Å²) >= 11 is 1.86. The van der Waals surface area contributed by atoms with Gasteiger partial charge >= 0.3 is 0 Å². The molecular formula is C58H37NOS. The predicted molar refractivity (Wildman–Crippen MR) is 261 cm³/mol. The van der Waals surface area contributed by atoms with E-state index < -0.39 is 0 Å². The second kappa shape index (κ2) is 14.5. The first kappa shape index (κ1) is 35.2. The number of benzene rings is 10. The molecule has 0 saturated heterocycles. The summed E-state index contributed by atoms with van der Waals surface area (Å²) in [6.07, 6.45) is 0. The van der Waals surface area contributed by atoms with Gasteiger partial charge in [0.05, 0.1) is 11.4 Å². The highest BCUT2D eigenvalue weighted by Crippen LogP contribution is 2.48. The van der Waals surface area contributed by atoms with Gasteiger partial charge in [-0.25, -0.2) is 0 Å². The number of nitrogens with zero attached hydrogens (tertiary/aromatic N) is 1. The molecule has 0 saturated carbocycles. The molecule has 0 aliphatic heterocycles. The lowest BCUT2D eigenvalue weighted by Gasteiger charge is -2.30. The zero-order valence-electron chi connectivity index (χ0n) is 33.1. The summed E-state index contributed by atoms with van der Waals surface area (Å²) in [6, 6.07) is 81.3. The van der Waals surface area contributed by atoms with Crippen LogP contribution in [0.4, 0.5) is 17.1 Å². The number of hydrogen-bond acceptors (Lipinski definition) is 3. The molecule has 0 fully saturated rings. The summed E-state index contributed by atoms with van der Waals surface area (Å²) in [5.74, 6) is 0. The van der Waals surface area contributed by atoms with Gasteiger partial charge in [0.25, 0.3) is 0 Å². The van der Waals surface area contributed by atoms with Crippen LogP contribution >= 0.6 is 11.3 Å². The molecular weight excluding hydrogens is 759 g/mol. The van der Waals surface area contributed by atoms with Gasteiger partial charge in [-0.2, -0.15) is 0 Å². The Morgan fingerprint density at radius 3 is 1.70 bits per heavy atom. The highest BCUT2D eigenvalue weighted by Gasteiger charge is 2.23. The van der Waals surface area contributed by atoms with Gasteiger partial charge in [-0.15, -0.1) is 11.3 Å². The maximum atomic E-state index is 6.50. The van der Waals surface area contributed by atoms with Gasteiger partial charge in [0.15, 0.2) is 0 Å². The van der Waals surface area contributed by atoms with Gasteiger partial charge in [0, 0.05) is 53.3 Å².